The molecule has 0 saturated carbocycles. The van der Waals surface area contributed by atoms with E-state index in [0.29, 0.717) is 17.2 Å². The number of hydrogen-bond acceptors (Lipinski definition) is 7. The number of methoxy groups -OCH3 is 1. The van der Waals surface area contributed by atoms with Gasteiger partial charge in [-0.3, -0.25) is 0 Å². The minimum Gasteiger partial charge on any atom is -0.497 e. The summed E-state index contributed by atoms with van der Waals surface area (Å²) < 4.78 is 10.7. The average Bonchev–Trinajstić information content (AvgIpc) is 2.47. The lowest BCUT2D eigenvalue weighted by molar-refractivity contribution is 0.215. The van der Waals surface area contributed by atoms with Crippen LogP contribution in [0.15, 0.2) is 35.7 Å². The van der Waals surface area contributed by atoms with E-state index >= 15 is 0 Å². The molecule has 0 unspecified atom stereocenters. The van der Waals surface area contributed by atoms with E-state index in [9.17, 15) is 0 Å². The van der Waals surface area contributed by atoms with E-state index in [1.165, 1.54) is 19.7 Å². The Morgan fingerprint density at radius 1 is 1.10 bits per heavy atom. The molecular formula is C13H14N4O3. The zero-order valence-electron chi connectivity index (χ0n) is 11.1. The van der Waals surface area contributed by atoms with Crippen LogP contribution in [0.4, 0.5) is 5.82 Å². The lowest BCUT2D eigenvalue weighted by atomic mass is 10.3. The second kappa shape index (κ2) is 6.37. The van der Waals surface area contributed by atoms with Crippen LogP contribution in [0.1, 0.15) is 5.56 Å². The summed E-state index contributed by atoms with van der Waals surface area (Å²) in [5, 5.41) is 3.65. The highest BCUT2D eigenvalue weighted by Crippen LogP contribution is 2.25. The van der Waals surface area contributed by atoms with E-state index in [4.69, 9.17) is 15.2 Å². The van der Waals surface area contributed by atoms with Crippen LogP contribution in [0.2, 0.25) is 0 Å². The smallest absolute Gasteiger partial charge is 0.233 e. The molecule has 0 aliphatic heterocycles. The summed E-state index contributed by atoms with van der Waals surface area (Å²) in [4.78, 5) is 12.5. The maximum absolute atomic E-state index is 5.76. The van der Waals surface area contributed by atoms with E-state index in [1.807, 2.05) is 0 Å². The monoisotopic (exact) mass is 274 g/mol. The molecule has 20 heavy (non-hydrogen) atoms. The van der Waals surface area contributed by atoms with Crippen LogP contribution < -0.4 is 15.2 Å². The second-order valence-corrected chi connectivity index (χ2v) is 3.67. The molecule has 2 aromatic rings. The summed E-state index contributed by atoms with van der Waals surface area (Å²) in [5.74, 6) is 1.88. The molecule has 0 saturated heterocycles. The van der Waals surface area contributed by atoms with Crippen molar-refractivity contribution in [2.75, 3.05) is 20.0 Å². The van der Waals surface area contributed by atoms with Crippen molar-refractivity contribution >= 4 is 12.0 Å². The Hall–Kier alpha value is -2.83. The standard InChI is InChI=1S/C13H14N4O3/c1-18-9-3-5-10(6-4-9)20-13-11(7-17-19-2)12(14)15-8-16-13/h3-8H,1-2H3,(H2,14,15,16)/b17-7-. The zero-order chi connectivity index (χ0) is 14.4. The van der Waals surface area contributed by atoms with Crippen molar-refractivity contribution in [1.82, 2.24) is 9.97 Å². The molecule has 0 aliphatic rings. The highest BCUT2D eigenvalue weighted by molar-refractivity contribution is 5.88. The number of nitrogens with zero attached hydrogens (tertiary/aromatic N) is 3. The molecule has 0 radical (unpaired) electrons. The lowest BCUT2D eigenvalue weighted by Crippen LogP contribution is -2.02. The fourth-order valence-corrected chi connectivity index (χ4v) is 1.46. The number of oxime groups is 1. The zero-order valence-corrected chi connectivity index (χ0v) is 11.1. The van der Waals surface area contributed by atoms with Gasteiger partial charge in [0.05, 0.1) is 13.3 Å². The fraction of sp³-hybridized carbons (Fsp3) is 0.154. The predicted octanol–water partition coefficient (Wildman–Crippen LogP) is 1.84. The van der Waals surface area contributed by atoms with Crippen LogP contribution in [-0.2, 0) is 4.84 Å². The molecule has 2 N–H and O–H groups in total. The topological polar surface area (TPSA) is 91.9 Å². The molecule has 7 nitrogen and oxygen atoms in total. The number of anilines is 1. The molecule has 0 bridgehead atoms. The SMILES string of the molecule is CO/N=C\c1c(N)ncnc1Oc1ccc(OC)cc1. The van der Waals surface area contributed by atoms with Gasteiger partial charge in [0, 0.05) is 0 Å². The first-order valence-electron chi connectivity index (χ1n) is 5.73. The Kier molecular flexibility index (Phi) is 4.33. The van der Waals surface area contributed by atoms with Crippen LogP contribution >= 0.6 is 0 Å². The summed E-state index contributed by atoms with van der Waals surface area (Å²) in [6, 6.07) is 7.08. The Labute approximate surface area is 116 Å². The molecule has 0 aliphatic carbocycles. The van der Waals surface area contributed by atoms with Crippen LogP contribution in [0.5, 0.6) is 17.4 Å². The Morgan fingerprint density at radius 2 is 1.80 bits per heavy atom. The minimum atomic E-state index is 0.254. The summed E-state index contributed by atoms with van der Waals surface area (Å²) in [7, 11) is 3.03. The number of hydrogen-bond donors (Lipinski definition) is 1. The molecule has 0 atom stereocenters. The summed E-state index contributed by atoms with van der Waals surface area (Å²) >= 11 is 0. The van der Waals surface area contributed by atoms with Gasteiger partial charge in [0.1, 0.15) is 36.3 Å². The number of rotatable bonds is 5. The van der Waals surface area contributed by atoms with Crippen molar-refractivity contribution in [3.05, 3.63) is 36.2 Å². The number of benzene rings is 1. The molecule has 0 spiro atoms. The maximum Gasteiger partial charge on any atom is 0.233 e. The average molecular weight is 274 g/mol. The van der Waals surface area contributed by atoms with Gasteiger partial charge in [-0.25, -0.2) is 9.97 Å². The van der Waals surface area contributed by atoms with E-state index in [1.54, 1.807) is 31.4 Å². The Bertz CT molecular complexity index is 599. The second-order valence-electron chi connectivity index (χ2n) is 3.67. The van der Waals surface area contributed by atoms with Crippen LogP contribution in [0.3, 0.4) is 0 Å². The lowest BCUT2D eigenvalue weighted by Gasteiger charge is -2.08. The molecule has 2 rings (SSSR count). The van der Waals surface area contributed by atoms with Crippen molar-refractivity contribution in [2.45, 2.75) is 0 Å². The van der Waals surface area contributed by atoms with Gasteiger partial charge < -0.3 is 20.0 Å². The van der Waals surface area contributed by atoms with Crippen LogP contribution in [0.25, 0.3) is 0 Å². The number of nitrogens with two attached hydrogens (primary N) is 1. The number of aromatic nitrogens is 2. The predicted molar refractivity (Wildman–Crippen MR) is 74.1 cm³/mol. The van der Waals surface area contributed by atoms with Gasteiger partial charge in [0.15, 0.2) is 0 Å². The molecule has 0 amide bonds. The fourth-order valence-electron chi connectivity index (χ4n) is 1.46. The molecule has 1 heterocycles. The van der Waals surface area contributed by atoms with Crippen molar-refractivity contribution in [2.24, 2.45) is 5.16 Å². The summed E-state index contributed by atoms with van der Waals surface area (Å²) in [6.45, 7) is 0. The van der Waals surface area contributed by atoms with Crippen molar-refractivity contribution in [3.63, 3.8) is 0 Å². The van der Waals surface area contributed by atoms with Crippen molar-refractivity contribution in [1.29, 1.82) is 0 Å². The van der Waals surface area contributed by atoms with Gasteiger partial charge in [-0.15, -0.1) is 0 Å². The molecule has 1 aromatic heterocycles. The molecular weight excluding hydrogens is 260 g/mol. The third-order valence-corrected chi connectivity index (χ3v) is 2.44. The summed E-state index contributed by atoms with van der Waals surface area (Å²) in [6.07, 6.45) is 2.71. The number of nitrogen functional groups attached to an aromatic ring is 1. The van der Waals surface area contributed by atoms with Crippen LogP contribution in [-0.4, -0.2) is 30.4 Å². The van der Waals surface area contributed by atoms with Crippen molar-refractivity contribution < 1.29 is 14.3 Å². The molecule has 1 aromatic carbocycles. The Balaban J connectivity index is 2.27. The third kappa shape index (κ3) is 3.14. The molecule has 0 fully saturated rings. The normalized spacial score (nSPS) is 10.5. The van der Waals surface area contributed by atoms with E-state index in [-0.39, 0.29) is 5.82 Å². The first-order chi connectivity index (χ1) is 9.74. The van der Waals surface area contributed by atoms with E-state index in [2.05, 4.69) is 20.0 Å². The number of ether oxygens (including phenoxy) is 2. The van der Waals surface area contributed by atoms with Crippen molar-refractivity contribution in [3.8, 4) is 17.4 Å². The van der Waals surface area contributed by atoms with Gasteiger partial charge in [-0.2, -0.15) is 0 Å². The molecule has 104 valence electrons. The first-order valence-corrected chi connectivity index (χ1v) is 5.73. The first kappa shape index (κ1) is 13.6. The van der Waals surface area contributed by atoms with Gasteiger partial charge in [-0.05, 0) is 24.3 Å². The highest BCUT2D eigenvalue weighted by atomic mass is 16.6. The van der Waals surface area contributed by atoms with Gasteiger partial charge >= 0.3 is 0 Å². The maximum atomic E-state index is 5.76. The van der Waals surface area contributed by atoms with Gasteiger partial charge in [0.25, 0.3) is 0 Å². The van der Waals surface area contributed by atoms with Gasteiger partial charge in [0.2, 0.25) is 5.88 Å². The van der Waals surface area contributed by atoms with Crippen LogP contribution in [0, 0.1) is 0 Å². The summed E-state index contributed by atoms with van der Waals surface area (Å²) in [5.41, 5.74) is 6.21. The highest BCUT2D eigenvalue weighted by Gasteiger charge is 2.10. The van der Waals surface area contributed by atoms with E-state index < -0.39 is 0 Å². The quantitative estimate of drug-likeness (QED) is 0.660. The Morgan fingerprint density at radius 3 is 2.45 bits per heavy atom. The third-order valence-electron chi connectivity index (χ3n) is 2.44. The van der Waals surface area contributed by atoms with E-state index in [0.717, 1.165) is 5.75 Å². The minimum absolute atomic E-state index is 0.254. The molecule has 7 heteroatoms. The van der Waals surface area contributed by atoms with Gasteiger partial charge in [-0.1, -0.05) is 5.16 Å². The largest absolute Gasteiger partial charge is 0.497 e.